The summed E-state index contributed by atoms with van der Waals surface area (Å²) in [4.78, 5) is 23.1. The first-order valence-corrected chi connectivity index (χ1v) is 7.35. The second-order valence-corrected chi connectivity index (χ2v) is 5.72. The van der Waals surface area contributed by atoms with Crippen molar-refractivity contribution < 1.29 is 14.3 Å². The molecule has 20 heavy (non-hydrogen) atoms. The lowest BCUT2D eigenvalue weighted by atomic mass is 9.80. The van der Waals surface area contributed by atoms with E-state index < -0.39 is 0 Å². The molecular formula is C17H22O3. The Labute approximate surface area is 120 Å². The van der Waals surface area contributed by atoms with Crippen molar-refractivity contribution in [3.63, 3.8) is 0 Å². The van der Waals surface area contributed by atoms with Gasteiger partial charge in [-0.1, -0.05) is 30.3 Å². The summed E-state index contributed by atoms with van der Waals surface area (Å²) in [5.74, 6) is 0.642. The van der Waals surface area contributed by atoms with Gasteiger partial charge in [-0.15, -0.1) is 0 Å². The summed E-state index contributed by atoms with van der Waals surface area (Å²) < 4.78 is 5.38. The highest BCUT2D eigenvalue weighted by Gasteiger charge is 2.27. The number of Topliss-reactive ketones (excluding diaryl/α,β-unsaturated/α-hetero) is 1. The van der Waals surface area contributed by atoms with Gasteiger partial charge in [0.15, 0.2) is 0 Å². The first-order valence-electron chi connectivity index (χ1n) is 7.35. The van der Waals surface area contributed by atoms with Gasteiger partial charge >= 0.3 is 5.97 Å². The number of ketones is 1. The Morgan fingerprint density at radius 2 is 1.75 bits per heavy atom. The van der Waals surface area contributed by atoms with Gasteiger partial charge in [0.2, 0.25) is 0 Å². The molecule has 0 saturated heterocycles. The summed E-state index contributed by atoms with van der Waals surface area (Å²) in [6.45, 7) is 1.99. The molecule has 0 bridgehead atoms. The Morgan fingerprint density at radius 1 is 1.10 bits per heavy atom. The fourth-order valence-corrected chi connectivity index (χ4v) is 2.86. The van der Waals surface area contributed by atoms with Crippen LogP contribution in [0, 0.1) is 11.8 Å². The molecule has 1 aromatic carbocycles. The smallest absolute Gasteiger partial charge is 0.309 e. The molecule has 3 nitrogen and oxygen atoms in total. The summed E-state index contributed by atoms with van der Waals surface area (Å²) in [6, 6.07) is 9.74. The number of hydrogen-bond acceptors (Lipinski definition) is 3. The van der Waals surface area contributed by atoms with Crippen molar-refractivity contribution >= 4 is 11.8 Å². The molecule has 0 aliphatic heterocycles. The van der Waals surface area contributed by atoms with Gasteiger partial charge in [-0.25, -0.2) is 0 Å². The van der Waals surface area contributed by atoms with Crippen LogP contribution in [0.15, 0.2) is 30.3 Å². The third kappa shape index (κ3) is 4.48. The second-order valence-electron chi connectivity index (χ2n) is 5.72. The monoisotopic (exact) mass is 274 g/mol. The highest BCUT2D eigenvalue weighted by atomic mass is 16.5. The molecule has 0 radical (unpaired) electrons. The van der Waals surface area contributed by atoms with Crippen LogP contribution in [0.3, 0.4) is 0 Å². The van der Waals surface area contributed by atoms with Gasteiger partial charge < -0.3 is 9.53 Å². The van der Waals surface area contributed by atoms with Crippen LogP contribution in [-0.4, -0.2) is 11.8 Å². The summed E-state index contributed by atoms with van der Waals surface area (Å²) >= 11 is 0. The quantitative estimate of drug-likeness (QED) is 0.772. The molecule has 0 atom stereocenters. The predicted molar refractivity (Wildman–Crippen MR) is 77.0 cm³/mol. The van der Waals surface area contributed by atoms with E-state index in [1.165, 1.54) is 0 Å². The van der Waals surface area contributed by atoms with Gasteiger partial charge in [0, 0.05) is 6.42 Å². The molecule has 1 aromatic rings. The molecule has 3 heteroatoms. The van der Waals surface area contributed by atoms with E-state index in [1.807, 2.05) is 30.3 Å². The van der Waals surface area contributed by atoms with Gasteiger partial charge in [-0.3, -0.25) is 4.79 Å². The number of carbonyl (C=O) groups excluding carboxylic acids is 2. The summed E-state index contributed by atoms with van der Waals surface area (Å²) in [5, 5.41) is 0. The van der Waals surface area contributed by atoms with Crippen LogP contribution in [0.25, 0.3) is 0 Å². The molecule has 2 rings (SSSR count). The third-order valence-electron chi connectivity index (χ3n) is 3.98. The lowest BCUT2D eigenvalue weighted by molar-refractivity contribution is -0.151. The Hall–Kier alpha value is -1.64. The molecule has 1 aliphatic rings. The Bertz CT molecular complexity index is 445. The van der Waals surface area contributed by atoms with E-state index in [0.29, 0.717) is 18.9 Å². The maximum absolute atomic E-state index is 12.0. The number of carbonyl (C=O) groups is 2. The zero-order valence-electron chi connectivity index (χ0n) is 12.0. The molecule has 0 aromatic heterocycles. The van der Waals surface area contributed by atoms with Crippen LogP contribution in [0.2, 0.25) is 0 Å². The molecule has 0 unspecified atom stereocenters. The topological polar surface area (TPSA) is 43.4 Å². The van der Waals surface area contributed by atoms with Gasteiger partial charge in [-0.05, 0) is 44.1 Å². The lowest BCUT2D eigenvalue weighted by Crippen LogP contribution is -2.24. The Morgan fingerprint density at radius 3 is 2.35 bits per heavy atom. The van der Waals surface area contributed by atoms with Crippen molar-refractivity contribution in [2.24, 2.45) is 11.8 Å². The normalized spacial score (nSPS) is 22.2. The van der Waals surface area contributed by atoms with E-state index in [4.69, 9.17) is 4.74 Å². The minimum atomic E-state index is -0.0878. The fourth-order valence-electron chi connectivity index (χ4n) is 2.86. The first-order chi connectivity index (χ1) is 9.65. The van der Waals surface area contributed by atoms with Crippen LogP contribution < -0.4 is 0 Å². The van der Waals surface area contributed by atoms with Crippen LogP contribution >= 0.6 is 0 Å². The van der Waals surface area contributed by atoms with Gasteiger partial charge in [-0.2, -0.15) is 0 Å². The highest BCUT2D eigenvalue weighted by molar-refractivity contribution is 5.76. The molecular weight excluding hydrogens is 252 g/mol. The first kappa shape index (κ1) is 14.8. The summed E-state index contributed by atoms with van der Waals surface area (Å²) in [7, 11) is 0. The van der Waals surface area contributed by atoms with E-state index in [1.54, 1.807) is 6.92 Å². The number of rotatable bonds is 5. The molecule has 1 fully saturated rings. The average molecular weight is 274 g/mol. The second kappa shape index (κ2) is 7.22. The van der Waals surface area contributed by atoms with Crippen molar-refractivity contribution in [2.45, 2.75) is 45.6 Å². The Kier molecular flexibility index (Phi) is 5.33. The molecule has 0 spiro atoms. The highest BCUT2D eigenvalue weighted by Crippen LogP contribution is 2.31. The van der Waals surface area contributed by atoms with Crippen molar-refractivity contribution in [1.29, 1.82) is 0 Å². The fraction of sp³-hybridized carbons (Fsp3) is 0.529. The number of benzene rings is 1. The van der Waals surface area contributed by atoms with Crippen LogP contribution in [-0.2, 0) is 20.9 Å². The molecule has 0 amide bonds. The summed E-state index contributed by atoms with van der Waals surface area (Å²) in [5.41, 5.74) is 1.02. The van der Waals surface area contributed by atoms with Crippen molar-refractivity contribution in [1.82, 2.24) is 0 Å². The molecule has 1 aliphatic carbocycles. The lowest BCUT2D eigenvalue weighted by Gasteiger charge is -2.26. The van der Waals surface area contributed by atoms with Crippen LogP contribution in [0.4, 0.5) is 0 Å². The van der Waals surface area contributed by atoms with Crippen molar-refractivity contribution in [3.8, 4) is 0 Å². The predicted octanol–water partition coefficient (Wildman–Crippen LogP) is 3.52. The van der Waals surface area contributed by atoms with Crippen LogP contribution in [0.1, 0.15) is 44.6 Å². The van der Waals surface area contributed by atoms with Gasteiger partial charge in [0.05, 0.1) is 5.92 Å². The number of hydrogen-bond donors (Lipinski definition) is 0. The SMILES string of the molecule is CC(=O)CC1CCC(C(=O)OCc2ccccc2)CC1. The maximum atomic E-state index is 12.0. The zero-order chi connectivity index (χ0) is 14.4. The van der Waals surface area contributed by atoms with E-state index in [0.717, 1.165) is 31.2 Å². The standard InChI is InChI=1S/C17H22O3/c1-13(18)11-14-7-9-16(10-8-14)17(19)20-12-15-5-3-2-4-6-15/h2-6,14,16H,7-12H2,1H3. The molecule has 0 N–H and O–H groups in total. The van der Waals surface area contributed by atoms with Gasteiger partial charge in [0.25, 0.3) is 0 Å². The molecule has 108 valence electrons. The summed E-state index contributed by atoms with van der Waals surface area (Å²) in [6.07, 6.45) is 4.29. The van der Waals surface area contributed by atoms with E-state index in [9.17, 15) is 9.59 Å². The molecule has 1 saturated carbocycles. The number of esters is 1. The maximum Gasteiger partial charge on any atom is 0.309 e. The minimum Gasteiger partial charge on any atom is -0.461 e. The number of ether oxygens (including phenoxy) is 1. The van der Waals surface area contributed by atoms with Crippen LogP contribution in [0.5, 0.6) is 0 Å². The van der Waals surface area contributed by atoms with E-state index in [-0.39, 0.29) is 17.7 Å². The third-order valence-corrected chi connectivity index (χ3v) is 3.98. The Balaban J connectivity index is 1.73. The largest absolute Gasteiger partial charge is 0.461 e. The zero-order valence-corrected chi connectivity index (χ0v) is 12.0. The minimum absolute atomic E-state index is 0.0157. The average Bonchev–Trinajstić information content (AvgIpc) is 2.46. The van der Waals surface area contributed by atoms with E-state index >= 15 is 0 Å². The molecule has 0 heterocycles. The van der Waals surface area contributed by atoms with Crippen molar-refractivity contribution in [3.05, 3.63) is 35.9 Å². The van der Waals surface area contributed by atoms with Crippen molar-refractivity contribution in [2.75, 3.05) is 0 Å². The van der Waals surface area contributed by atoms with Gasteiger partial charge in [0.1, 0.15) is 12.4 Å². The van der Waals surface area contributed by atoms with E-state index in [2.05, 4.69) is 0 Å².